The molecule has 114 valence electrons. The lowest BCUT2D eigenvalue weighted by Crippen LogP contribution is -2.32. The Morgan fingerprint density at radius 3 is 2.67 bits per heavy atom. The molecule has 2 N–H and O–H groups in total. The minimum absolute atomic E-state index is 0.0708. The molecular weight excluding hydrogens is 277 g/mol. The van der Waals surface area contributed by atoms with E-state index in [1.165, 1.54) is 19.1 Å². The zero-order valence-corrected chi connectivity index (χ0v) is 11.8. The molecule has 0 unspecified atom stereocenters. The summed E-state index contributed by atoms with van der Waals surface area (Å²) in [5.74, 6) is -1.71. The van der Waals surface area contributed by atoms with Crippen molar-refractivity contribution in [2.45, 2.75) is 38.2 Å². The lowest BCUT2D eigenvalue weighted by Gasteiger charge is -2.21. The highest BCUT2D eigenvalue weighted by Crippen LogP contribution is 2.29. The molecule has 0 spiro atoms. The number of carbonyl (C=O) groups excluding carboxylic acids is 2. The van der Waals surface area contributed by atoms with E-state index in [4.69, 9.17) is 4.74 Å². The van der Waals surface area contributed by atoms with Crippen molar-refractivity contribution in [3.63, 3.8) is 0 Å². The molecule has 2 rings (SSSR count). The standard InChI is InChI=1S/C15H18FNO4/c1-10(18)17-13-8-11(4-5-12(13)16)14(19)21-9-15(20)6-2-3-7-15/h4-5,8,20H,2-3,6-7,9H2,1H3,(H,17,18). The molecule has 1 saturated carbocycles. The van der Waals surface area contributed by atoms with Crippen molar-refractivity contribution >= 4 is 17.6 Å². The van der Waals surface area contributed by atoms with Crippen molar-refractivity contribution in [2.24, 2.45) is 0 Å². The zero-order valence-electron chi connectivity index (χ0n) is 11.8. The van der Waals surface area contributed by atoms with Gasteiger partial charge in [-0.15, -0.1) is 0 Å². The SMILES string of the molecule is CC(=O)Nc1cc(C(=O)OCC2(O)CCCC2)ccc1F. The second-order valence-corrected chi connectivity index (χ2v) is 5.38. The van der Waals surface area contributed by atoms with Gasteiger partial charge in [0.15, 0.2) is 0 Å². The van der Waals surface area contributed by atoms with Gasteiger partial charge in [0.2, 0.25) is 5.91 Å². The Kier molecular flexibility index (Phi) is 4.57. The maximum absolute atomic E-state index is 13.5. The average molecular weight is 295 g/mol. The Morgan fingerprint density at radius 2 is 2.05 bits per heavy atom. The van der Waals surface area contributed by atoms with Crippen molar-refractivity contribution in [2.75, 3.05) is 11.9 Å². The number of aliphatic hydroxyl groups is 1. The van der Waals surface area contributed by atoms with Crippen LogP contribution in [0, 0.1) is 5.82 Å². The predicted octanol–water partition coefficient (Wildman–Crippen LogP) is 2.25. The molecule has 0 bridgehead atoms. The topological polar surface area (TPSA) is 75.6 Å². The van der Waals surface area contributed by atoms with E-state index in [1.54, 1.807) is 0 Å². The summed E-state index contributed by atoms with van der Waals surface area (Å²) in [6.07, 6.45) is 3.05. The second kappa shape index (κ2) is 6.22. The zero-order chi connectivity index (χ0) is 15.5. The number of halogens is 1. The Morgan fingerprint density at radius 1 is 1.38 bits per heavy atom. The van der Waals surface area contributed by atoms with E-state index in [9.17, 15) is 19.1 Å². The molecule has 1 amide bonds. The van der Waals surface area contributed by atoms with Crippen LogP contribution in [0.25, 0.3) is 0 Å². The van der Waals surface area contributed by atoms with Gasteiger partial charge in [0, 0.05) is 6.92 Å². The number of nitrogens with one attached hydrogen (secondary N) is 1. The fourth-order valence-electron chi connectivity index (χ4n) is 2.40. The quantitative estimate of drug-likeness (QED) is 0.835. The van der Waals surface area contributed by atoms with Crippen LogP contribution in [0.2, 0.25) is 0 Å². The monoisotopic (exact) mass is 295 g/mol. The average Bonchev–Trinajstić information content (AvgIpc) is 2.85. The highest BCUT2D eigenvalue weighted by Gasteiger charge is 2.32. The first-order valence-corrected chi connectivity index (χ1v) is 6.86. The van der Waals surface area contributed by atoms with E-state index in [-0.39, 0.29) is 17.9 Å². The number of amides is 1. The van der Waals surface area contributed by atoms with E-state index in [0.29, 0.717) is 12.8 Å². The molecule has 6 heteroatoms. The number of benzene rings is 1. The molecular formula is C15H18FNO4. The van der Waals surface area contributed by atoms with Crippen molar-refractivity contribution in [1.29, 1.82) is 0 Å². The van der Waals surface area contributed by atoms with E-state index in [0.717, 1.165) is 18.9 Å². The van der Waals surface area contributed by atoms with Gasteiger partial charge < -0.3 is 15.2 Å². The third kappa shape index (κ3) is 4.01. The van der Waals surface area contributed by atoms with Crippen LogP contribution in [0.1, 0.15) is 43.0 Å². The molecule has 1 aromatic carbocycles. The summed E-state index contributed by atoms with van der Waals surface area (Å²) in [6.45, 7) is 1.18. The Balaban J connectivity index is 2.03. The van der Waals surface area contributed by atoms with E-state index < -0.39 is 23.3 Å². The molecule has 0 atom stereocenters. The summed E-state index contributed by atoms with van der Waals surface area (Å²) in [4.78, 5) is 22.9. The Labute approximate surface area is 122 Å². The van der Waals surface area contributed by atoms with Crippen LogP contribution in [-0.4, -0.2) is 29.2 Å². The van der Waals surface area contributed by atoms with Crippen molar-refractivity contribution < 1.29 is 23.8 Å². The summed E-state index contributed by atoms with van der Waals surface area (Å²) >= 11 is 0. The maximum Gasteiger partial charge on any atom is 0.338 e. The summed E-state index contributed by atoms with van der Waals surface area (Å²) in [7, 11) is 0. The Bertz CT molecular complexity index is 553. The summed E-state index contributed by atoms with van der Waals surface area (Å²) in [5, 5.41) is 12.4. The highest BCUT2D eigenvalue weighted by molar-refractivity contribution is 5.93. The minimum Gasteiger partial charge on any atom is -0.459 e. The fraction of sp³-hybridized carbons (Fsp3) is 0.467. The Hall–Kier alpha value is -1.95. The number of esters is 1. The third-order valence-electron chi connectivity index (χ3n) is 3.52. The van der Waals surface area contributed by atoms with Crippen LogP contribution in [0.15, 0.2) is 18.2 Å². The predicted molar refractivity (Wildman–Crippen MR) is 74.4 cm³/mol. The van der Waals surface area contributed by atoms with Gasteiger partial charge in [-0.05, 0) is 31.0 Å². The van der Waals surface area contributed by atoms with Gasteiger partial charge in [0.1, 0.15) is 12.4 Å². The minimum atomic E-state index is -0.948. The molecule has 0 heterocycles. The van der Waals surface area contributed by atoms with Crippen molar-refractivity contribution in [3.8, 4) is 0 Å². The molecule has 1 aromatic rings. The first-order valence-electron chi connectivity index (χ1n) is 6.86. The summed E-state index contributed by atoms with van der Waals surface area (Å²) < 4.78 is 18.6. The van der Waals surface area contributed by atoms with Gasteiger partial charge in [-0.3, -0.25) is 4.79 Å². The van der Waals surface area contributed by atoms with Crippen molar-refractivity contribution in [3.05, 3.63) is 29.6 Å². The van der Waals surface area contributed by atoms with E-state index >= 15 is 0 Å². The molecule has 0 aliphatic heterocycles. The second-order valence-electron chi connectivity index (χ2n) is 5.38. The van der Waals surface area contributed by atoms with Gasteiger partial charge >= 0.3 is 5.97 Å². The maximum atomic E-state index is 13.5. The molecule has 0 aromatic heterocycles. The van der Waals surface area contributed by atoms with Crippen LogP contribution < -0.4 is 5.32 Å². The lowest BCUT2D eigenvalue weighted by molar-refractivity contribution is -0.114. The van der Waals surface area contributed by atoms with Gasteiger partial charge in [0.05, 0.1) is 16.9 Å². The van der Waals surface area contributed by atoms with Crippen LogP contribution in [0.3, 0.4) is 0 Å². The number of anilines is 1. The third-order valence-corrected chi connectivity index (χ3v) is 3.52. The number of rotatable bonds is 4. The van der Waals surface area contributed by atoms with Crippen LogP contribution in [0.5, 0.6) is 0 Å². The molecule has 0 saturated heterocycles. The molecule has 1 aliphatic carbocycles. The van der Waals surface area contributed by atoms with E-state index in [2.05, 4.69) is 5.32 Å². The van der Waals surface area contributed by atoms with Crippen LogP contribution >= 0.6 is 0 Å². The normalized spacial score (nSPS) is 16.5. The number of hydrogen-bond acceptors (Lipinski definition) is 4. The largest absolute Gasteiger partial charge is 0.459 e. The van der Waals surface area contributed by atoms with Gasteiger partial charge in [-0.2, -0.15) is 0 Å². The summed E-state index contributed by atoms with van der Waals surface area (Å²) in [5.41, 5.74) is -0.894. The van der Waals surface area contributed by atoms with Gasteiger partial charge in [-0.25, -0.2) is 9.18 Å². The number of carbonyl (C=O) groups is 2. The van der Waals surface area contributed by atoms with Gasteiger partial charge in [0.25, 0.3) is 0 Å². The van der Waals surface area contributed by atoms with Crippen LogP contribution in [-0.2, 0) is 9.53 Å². The fourth-order valence-corrected chi connectivity index (χ4v) is 2.40. The molecule has 1 aliphatic rings. The number of ether oxygens (including phenoxy) is 1. The first-order chi connectivity index (χ1) is 9.89. The number of hydrogen-bond donors (Lipinski definition) is 2. The van der Waals surface area contributed by atoms with Gasteiger partial charge in [-0.1, -0.05) is 12.8 Å². The summed E-state index contributed by atoms with van der Waals surface area (Å²) in [6, 6.07) is 3.59. The highest BCUT2D eigenvalue weighted by atomic mass is 19.1. The van der Waals surface area contributed by atoms with Crippen molar-refractivity contribution in [1.82, 2.24) is 0 Å². The molecule has 5 nitrogen and oxygen atoms in total. The van der Waals surface area contributed by atoms with E-state index in [1.807, 2.05) is 0 Å². The molecule has 1 fully saturated rings. The molecule has 21 heavy (non-hydrogen) atoms. The smallest absolute Gasteiger partial charge is 0.338 e. The van der Waals surface area contributed by atoms with Crippen LogP contribution in [0.4, 0.5) is 10.1 Å². The lowest BCUT2D eigenvalue weighted by atomic mass is 10.0. The first kappa shape index (κ1) is 15.4. The molecule has 0 radical (unpaired) electrons.